The summed E-state index contributed by atoms with van der Waals surface area (Å²) in [5, 5.41) is 3.28. The number of nitrogens with zero attached hydrogens (tertiary/aromatic N) is 4. The Morgan fingerprint density at radius 1 is 1.26 bits per heavy atom. The maximum Gasteiger partial charge on any atom is 0.254 e. The van der Waals surface area contributed by atoms with E-state index in [1.54, 1.807) is 7.11 Å². The monoisotopic (exact) mass is 371 g/mol. The van der Waals surface area contributed by atoms with Crippen LogP contribution in [-0.2, 0) is 11.8 Å². The molecule has 0 unspecified atom stereocenters. The molecule has 1 aromatic carbocycles. The van der Waals surface area contributed by atoms with Crippen LogP contribution in [0.5, 0.6) is 0 Å². The number of aromatic nitrogens is 2. The number of hydrogen-bond acceptors (Lipinski definition) is 5. The van der Waals surface area contributed by atoms with E-state index < -0.39 is 0 Å². The van der Waals surface area contributed by atoms with Crippen LogP contribution in [0.15, 0.2) is 18.2 Å². The first-order valence-electron chi connectivity index (χ1n) is 9.75. The van der Waals surface area contributed by atoms with Gasteiger partial charge in [0, 0.05) is 51.9 Å². The molecule has 3 saturated heterocycles. The fraction of sp³-hybridized carbons (Fsp3) is 0.600. The number of likely N-dealkylation sites (N-methyl/N-ethyl adjacent to an activating group) is 1. The highest BCUT2D eigenvalue weighted by atomic mass is 16.5. The number of carbonyl (C=O) groups is 1. The van der Waals surface area contributed by atoms with Gasteiger partial charge in [0.25, 0.3) is 5.91 Å². The van der Waals surface area contributed by atoms with Crippen molar-refractivity contribution < 1.29 is 9.53 Å². The standard InChI is InChI=1S/C20H29N5O2/c1-23-11-14-4-6-16(13-23)25(12-14)19(26)15-5-7-18-17(10-15)22-20(24(18)2)21-8-9-27-3/h5,7,10,14,16H,4,6,8-9,11-13H2,1-3H3,(H,21,22)/t14-,16+/m1/s1. The number of imidazole rings is 1. The first-order chi connectivity index (χ1) is 13.1. The predicted octanol–water partition coefficient (Wildman–Crippen LogP) is 1.80. The zero-order valence-corrected chi connectivity index (χ0v) is 16.4. The van der Waals surface area contributed by atoms with Crippen molar-refractivity contribution in [3.05, 3.63) is 23.8 Å². The molecule has 0 saturated carbocycles. The molecule has 2 atom stereocenters. The minimum absolute atomic E-state index is 0.140. The number of methoxy groups -OCH3 is 1. The van der Waals surface area contributed by atoms with Crippen molar-refractivity contribution in [1.29, 1.82) is 0 Å². The van der Waals surface area contributed by atoms with Crippen LogP contribution < -0.4 is 5.32 Å². The van der Waals surface area contributed by atoms with Crippen LogP contribution in [0.3, 0.4) is 0 Å². The highest BCUT2D eigenvalue weighted by Crippen LogP contribution is 2.29. The normalized spacial score (nSPS) is 23.0. The summed E-state index contributed by atoms with van der Waals surface area (Å²) in [5.74, 6) is 1.52. The van der Waals surface area contributed by atoms with E-state index in [1.165, 1.54) is 6.42 Å². The lowest BCUT2D eigenvalue weighted by molar-refractivity contribution is 0.0587. The number of hydrogen-bond donors (Lipinski definition) is 1. The molecule has 2 aromatic rings. The van der Waals surface area contributed by atoms with Crippen LogP contribution >= 0.6 is 0 Å². The third-order valence-corrected chi connectivity index (χ3v) is 5.87. The summed E-state index contributed by atoms with van der Waals surface area (Å²) >= 11 is 0. The van der Waals surface area contributed by atoms with E-state index in [0.717, 1.165) is 48.6 Å². The zero-order valence-electron chi connectivity index (χ0n) is 16.4. The molecule has 1 aromatic heterocycles. The zero-order chi connectivity index (χ0) is 19.0. The molecule has 1 amide bonds. The molecule has 7 nitrogen and oxygen atoms in total. The summed E-state index contributed by atoms with van der Waals surface area (Å²) in [6, 6.07) is 6.20. The van der Waals surface area contributed by atoms with Crippen LogP contribution in [0.25, 0.3) is 11.0 Å². The van der Waals surface area contributed by atoms with E-state index in [4.69, 9.17) is 4.74 Å². The summed E-state index contributed by atoms with van der Waals surface area (Å²) in [6.45, 7) is 4.26. The van der Waals surface area contributed by atoms with Gasteiger partial charge in [0.15, 0.2) is 0 Å². The van der Waals surface area contributed by atoms with Gasteiger partial charge in [-0.1, -0.05) is 0 Å². The fourth-order valence-electron chi connectivity index (χ4n) is 4.49. The summed E-state index contributed by atoms with van der Waals surface area (Å²) in [5.41, 5.74) is 2.60. The summed E-state index contributed by atoms with van der Waals surface area (Å²) in [4.78, 5) is 22.4. The topological polar surface area (TPSA) is 62.6 Å². The molecule has 1 N–H and O–H groups in total. The predicted molar refractivity (Wildman–Crippen MR) is 106 cm³/mol. The third kappa shape index (κ3) is 3.53. The van der Waals surface area contributed by atoms with E-state index in [2.05, 4.69) is 27.1 Å². The lowest BCUT2D eigenvalue weighted by Crippen LogP contribution is -2.47. The highest BCUT2D eigenvalue weighted by molar-refractivity contribution is 5.98. The second kappa shape index (κ2) is 7.48. The van der Waals surface area contributed by atoms with Gasteiger partial charge in [0.2, 0.25) is 5.95 Å². The average molecular weight is 371 g/mol. The van der Waals surface area contributed by atoms with Crippen LogP contribution in [0, 0.1) is 5.92 Å². The number of piperidine rings is 1. The Bertz CT molecular complexity index is 833. The van der Waals surface area contributed by atoms with Gasteiger partial charge >= 0.3 is 0 Å². The number of benzene rings is 1. The van der Waals surface area contributed by atoms with E-state index in [-0.39, 0.29) is 5.91 Å². The SMILES string of the molecule is COCCNc1nc2cc(C(=O)N3C[C@@H]4CC[C@H]3CN(C)C4)ccc2n1C. The molecule has 0 aliphatic carbocycles. The summed E-state index contributed by atoms with van der Waals surface area (Å²) in [6.07, 6.45) is 2.34. The minimum Gasteiger partial charge on any atom is -0.383 e. The highest BCUT2D eigenvalue weighted by Gasteiger charge is 2.36. The van der Waals surface area contributed by atoms with Crippen molar-refractivity contribution in [3.63, 3.8) is 0 Å². The Kier molecular flexibility index (Phi) is 5.06. The molecule has 4 heterocycles. The van der Waals surface area contributed by atoms with Crippen molar-refractivity contribution in [1.82, 2.24) is 19.4 Å². The number of rotatable bonds is 5. The maximum absolute atomic E-state index is 13.2. The fourth-order valence-corrected chi connectivity index (χ4v) is 4.49. The molecular weight excluding hydrogens is 342 g/mol. The molecule has 3 aliphatic heterocycles. The third-order valence-electron chi connectivity index (χ3n) is 5.87. The van der Waals surface area contributed by atoms with Crippen molar-refractivity contribution in [2.24, 2.45) is 13.0 Å². The van der Waals surface area contributed by atoms with E-state index >= 15 is 0 Å². The van der Waals surface area contributed by atoms with Crippen molar-refractivity contribution in [3.8, 4) is 0 Å². The Balaban J connectivity index is 1.57. The van der Waals surface area contributed by atoms with E-state index in [0.29, 0.717) is 25.1 Å². The molecule has 5 rings (SSSR count). The lowest BCUT2D eigenvalue weighted by Gasteiger charge is -2.36. The van der Waals surface area contributed by atoms with Gasteiger partial charge in [-0.3, -0.25) is 4.79 Å². The number of aryl methyl sites for hydroxylation is 1. The van der Waals surface area contributed by atoms with Crippen LogP contribution in [0.2, 0.25) is 0 Å². The number of ether oxygens (including phenoxy) is 1. The Morgan fingerprint density at radius 2 is 2.11 bits per heavy atom. The van der Waals surface area contributed by atoms with E-state index in [9.17, 15) is 4.79 Å². The van der Waals surface area contributed by atoms with Gasteiger partial charge < -0.3 is 24.4 Å². The second-order valence-electron chi connectivity index (χ2n) is 7.89. The molecule has 0 spiro atoms. The minimum atomic E-state index is 0.140. The molecule has 7 heteroatoms. The van der Waals surface area contributed by atoms with Gasteiger partial charge in [-0.25, -0.2) is 4.98 Å². The molecule has 3 aliphatic rings. The largest absolute Gasteiger partial charge is 0.383 e. The second-order valence-corrected chi connectivity index (χ2v) is 7.89. The van der Waals surface area contributed by atoms with Crippen LogP contribution in [-0.4, -0.2) is 78.2 Å². The van der Waals surface area contributed by atoms with Crippen LogP contribution in [0.1, 0.15) is 23.2 Å². The number of fused-ring (bicyclic) bond motifs is 5. The molecule has 0 radical (unpaired) electrons. The van der Waals surface area contributed by atoms with Gasteiger partial charge in [-0.2, -0.15) is 0 Å². The number of anilines is 1. The smallest absolute Gasteiger partial charge is 0.254 e. The molecule has 2 bridgehead atoms. The van der Waals surface area contributed by atoms with Crippen molar-refractivity contribution >= 4 is 22.9 Å². The van der Waals surface area contributed by atoms with Gasteiger partial charge in [0.1, 0.15) is 0 Å². The van der Waals surface area contributed by atoms with E-state index in [1.807, 2.05) is 29.8 Å². The Hall–Kier alpha value is -2.12. The lowest BCUT2D eigenvalue weighted by atomic mass is 9.94. The molecule has 3 fully saturated rings. The Labute approximate surface area is 160 Å². The number of nitrogens with one attached hydrogen (secondary N) is 1. The first kappa shape index (κ1) is 18.3. The number of amides is 1. The first-order valence-corrected chi connectivity index (χ1v) is 9.75. The average Bonchev–Trinajstić information content (AvgIpc) is 2.79. The van der Waals surface area contributed by atoms with Gasteiger partial charge in [-0.15, -0.1) is 0 Å². The molecule has 146 valence electrons. The number of carbonyl (C=O) groups excluding carboxylic acids is 1. The van der Waals surface area contributed by atoms with Crippen LogP contribution in [0.4, 0.5) is 5.95 Å². The van der Waals surface area contributed by atoms with Crippen molar-refractivity contribution in [2.75, 3.05) is 52.3 Å². The molecule has 27 heavy (non-hydrogen) atoms. The Morgan fingerprint density at radius 3 is 2.93 bits per heavy atom. The molecular formula is C20H29N5O2. The van der Waals surface area contributed by atoms with Gasteiger partial charge in [0.05, 0.1) is 17.6 Å². The van der Waals surface area contributed by atoms with Crippen molar-refractivity contribution in [2.45, 2.75) is 18.9 Å². The summed E-state index contributed by atoms with van der Waals surface area (Å²) in [7, 11) is 5.83. The summed E-state index contributed by atoms with van der Waals surface area (Å²) < 4.78 is 7.10. The van der Waals surface area contributed by atoms with Gasteiger partial charge in [-0.05, 0) is 44.0 Å². The maximum atomic E-state index is 13.2. The quantitative estimate of drug-likeness (QED) is 0.812.